The lowest BCUT2D eigenvalue weighted by Crippen LogP contribution is -2.33. The van der Waals surface area contributed by atoms with E-state index in [9.17, 15) is 0 Å². The Labute approximate surface area is 109 Å². The van der Waals surface area contributed by atoms with E-state index in [-0.39, 0.29) is 0 Å². The molecule has 100 valence electrons. The molecule has 1 saturated heterocycles. The zero-order valence-corrected chi connectivity index (χ0v) is 11.3. The fourth-order valence-electron chi connectivity index (χ4n) is 2.29. The summed E-state index contributed by atoms with van der Waals surface area (Å²) < 4.78 is 10.9. The van der Waals surface area contributed by atoms with Gasteiger partial charge in [-0.3, -0.25) is 0 Å². The summed E-state index contributed by atoms with van der Waals surface area (Å²) in [6, 6.07) is 8.58. The van der Waals surface area contributed by atoms with Gasteiger partial charge in [0.15, 0.2) is 0 Å². The van der Waals surface area contributed by atoms with E-state index in [0.717, 1.165) is 18.9 Å². The Morgan fingerprint density at radius 1 is 1.33 bits per heavy atom. The van der Waals surface area contributed by atoms with Crippen LogP contribution in [0.3, 0.4) is 0 Å². The topological polar surface area (TPSA) is 30.5 Å². The predicted molar refractivity (Wildman–Crippen MR) is 73.0 cm³/mol. The van der Waals surface area contributed by atoms with Crippen molar-refractivity contribution in [2.45, 2.75) is 38.3 Å². The Hall–Kier alpha value is -1.06. The number of nitrogens with one attached hydrogen (secondary N) is 1. The van der Waals surface area contributed by atoms with E-state index < -0.39 is 0 Å². The lowest BCUT2D eigenvalue weighted by Gasteiger charge is -2.25. The van der Waals surface area contributed by atoms with Crippen LogP contribution in [0.1, 0.15) is 37.8 Å². The van der Waals surface area contributed by atoms with Crippen LogP contribution in [0.25, 0.3) is 0 Å². The third kappa shape index (κ3) is 3.72. The number of hydrogen-bond donors (Lipinski definition) is 1. The molecule has 2 rings (SSSR count). The monoisotopic (exact) mass is 249 g/mol. The van der Waals surface area contributed by atoms with Gasteiger partial charge < -0.3 is 14.8 Å². The average Bonchev–Trinajstić information content (AvgIpc) is 2.46. The highest BCUT2D eigenvalue weighted by Crippen LogP contribution is 2.18. The van der Waals surface area contributed by atoms with E-state index in [1.165, 1.54) is 24.8 Å². The molecule has 1 aliphatic heterocycles. The van der Waals surface area contributed by atoms with E-state index in [1.807, 2.05) is 12.1 Å². The molecule has 3 nitrogen and oxygen atoms in total. The van der Waals surface area contributed by atoms with Gasteiger partial charge in [-0.1, -0.05) is 12.1 Å². The van der Waals surface area contributed by atoms with Crippen LogP contribution in [0.5, 0.6) is 5.75 Å². The Morgan fingerprint density at radius 3 is 2.72 bits per heavy atom. The third-order valence-electron chi connectivity index (χ3n) is 3.54. The Kier molecular flexibility index (Phi) is 5.02. The van der Waals surface area contributed by atoms with Gasteiger partial charge in [0.05, 0.1) is 13.2 Å². The summed E-state index contributed by atoms with van der Waals surface area (Å²) in [6.45, 7) is 4.04. The molecule has 1 N–H and O–H groups in total. The first kappa shape index (κ1) is 13.4. The average molecular weight is 249 g/mol. The molecule has 0 radical (unpaired) electrons. The minimum absolute atomic E-state index is 0.349. The third-order valence-corrected chi connectivity index (χ3v) is 3.54. The van der Waals surface area contributed by atoms with Crippen LogP contribution in [0.4, 0.5) is 0 Å². The summed E-state index contributed by atoms with van der Waals surface area (Å²) in [4.78, 5) is 0. The van der Waals surface area contributed by atoms with Gasteiger partial charge in [-0.15, -0.1) is 0 Å². The van der Waals surface area contributed by atoms with Gasteiger partial charge in [-0.2, -0.15) is 0 Å². The number of ether oxygens (including phenoxy) is 2. The molecule has 1 heterocycles. The maximum Gasteiger partial charge on any atom is 0.118 e. The van der Waals surface area contributed by atoms with Crippen molar-refractivity contribution in [3.8, 4) is 5.75 Å². The van der Waals surface area contributed by atoms with Crippen molar-refractivity contribution in [1.82, 2.24) is 5.32 Å². The minimum atomic E-state index is 0.349. The zero-order chi connectivity index (χ0) is 12.8. The summed E-state index contributed by atoms with van der Waals surface area (Å²) in [5, 5.41) is 3.54. The lowest BCUT2D eigenvalue weighted by molar-refractivity contribution is 0.0156. The second-order valence-electron chi connectivity index (χ2n) is 4.89. The molecular weight excluding hydrogens is 226 g/mol. The Morgan fingerprint density at radius 2 is 2.11 bits per heavy atom. The van der Waals surface area contributed by atoms with Crippen LogP contribution >= 0.6 is 0 Å². The number of benzene rings is 1. The molecule has 0 amide bonds. The second-order valence-corrected chi connectivity index (χ2v) is 4.89. The molecular formula is C15H23NO2. The zero-order valence-electron chi connectivity index (χ0n) is 11.3. The molecule has 0 aliphatic carbocycles. The molecule has 3 heteroatoms. The van der Waals surface area contributed by atoms with E-state index in [0.29, 0.717) is 12.1 Å². The summed E-state index contributed by atoms with van der Waals surface area (Å²) in [5.74, 6) is 0.904. The largest absolute Gasteiger partial charge is 0.497 e. The number of hydrogen-bond acceptors (Lipinski definition) is 3. The maximum atomic E-state index is 5.72. The highest BCUT2D eigenvalue weighted by molar-refractivity contribution is 5.28. The summed E-state index contributed by atoms with van der Waals surface area (Å²) in [7, 11) is 1.69. The minimum Gasteiger partial charge on any atom is -0.497 e. The fourth-order valence-corrected chi connectivity index (χ4v) is 2.29. The second kappa shape index (κ2) is 6.76. The molecule has 1 aromatic carbocycles. The van der Waals surface area contributed by atoms with Gasteiger partial charge in [0.1, 0.15) is 5.75 Å². The van der Waals surface area contributed by atoms with Crippen molar-refractivity contribution in [3.63, 3.8) is 0 Å². The van der Waals surface area contributed by atoms with Crippen LogP contribution in [-0.2, 0) is 4.74 Å². The smallest absolute Gasteiger partial charge is 0.118 e. The Bertz CT molecular complexity index is 344. The molecule has 0 saturated carbocycles. The fraction of sp³-hybridized carbons (Fsp3) is 0.600. The van der Waals surface area contributed by atoms with Gasteiger partial charge in [-0.05, 0) is 43.9 Å². The molecule has 1 aliphatic rings. The van der Waals surface area contributed by atoms with Crippen LogP contribution in [0.2, 0.25) is 0 Å². The van der Waals surface area contributed by atoms with Crippen LogP contribution < -0.4 is 10.1 Å². The van der Waals surface area contributed by atoms with Gasteiger partial charge in [0.2, 0.25) is 0 Å². The van der Waals surface area contributed by atoms with Crippen molar-refractivity contribution in [1.29, 1.82) is 0 Å². The van der Waals surface area contributed by atoms with Gasteiger partial charge in [0, 0.05) is 19.2 Å². The van der Waals surface area contributed by atoms with Crippen LogP contribution in [0.15, 0.2) is 24.3 Å². The maximum absolute atomic E-state index is 5.72. The highest BCUT2D eigenvalue weighted by Gasteiger charge is 2.14. The van der Waals surface area contributed by atoms with Gasteiger partial charge >= 0.3 is 0 Å². The van der Waals surface area contributed by atoms with E-state index in [1.54, 1.807) is 7.11 Å². The number of methoxy groups -OCH3 is 1. The molecule has 1 aromatic rings. The van der Waals surface area contributed by atoms with Crippen molar-refractivity contribution in [2.24, 2.45) is 0 Å². The molecule has 0 bridgehead atoms. The van der Waals surface area contributed by atoms with Crippen molar-refractivity contribution in [2.75, 3.05) is 20.3 Å². The van der Waals surface area contributed by atoms with Crippen molar-refractivity contribution >= 4 is 0 Å². The van der Waals surface area contributed by atoms with E-state index in [4.69, 9.17) is 9.47 Å². The number of rotatable bonds is 5. The SMILES string of the molecule is COc1ccc([C@H](C)NCC2CCCCO2)cc1. The van der Waals surface area contributed by atoms with Crippen LogP contribution in [0, 0.1) is 0 Å². The predicted octanol–water partition coefficient (Wildman–Crippen LogP) is 2.91. The van der Waals surface area contributed by atoms with Gasteiger partial charge in [0.25, 0.3) is 0 Å². The molecule has 1 unspecified atom stereocenters. The Balaban J connectivity index is 1.80. The summed E-state index contributed by atoms with van der Waals surface area (Å²) in [5.41, 5.74) is 1.28. The summed E-state index contributed by atoms with van der Waals surface area (Å²) in [6.07, 6.45) is 4.08. The first-order valence-corrected chi connectivity index (χ1v) is 6.78. The van der Waals surface area contributed by atoms with Crippen molar-refractivity contribution in [3.05, 3.63) is 29.8 Å². The van der Waals surface area contributed by atoms with Gasteiger partial charge in [-0.25, -0.2) is 0 Å². The van der Waals surface area contributed by atoms with E-state index in [2.05, 4.69) is 24.4 Å². The first-order valence-electron chi connectivity index (χ1n) is 6.78. The molecule has 0 spiro atoms. The quantitative estimate of drug-likeness (QED) is 0.870. The molecule has 18 heavy (non-hydrogen) atoms. The highest BCUT2D eigenvalue weighted by atomic mass is 16.5. The summed E-state index contributed by atoms with van der Waals surface area (Å²) >= 11 is 0. The standard InChI is InChI=1S/C15H23NO2/c1-12(13-6-8-14(17-2)9-7-13)16-11-15-5-3-4-10-18-15/h6-9,12,15-16H,3-5,10-11H2,1-2H3/t12-,15?/m0/s1. The molecule has 1 fully saturated rings. The van der Waals surface area contributed by atoms with E-state index >= 15 is 0 Å². The molecule has 0 aromatic heterocycles. The van der Waals surface area contributed by atoms with Crippen LogP contribution in [-0.4, -0.2) is 26.4 Å². The van der Waals surface area contributed by atoms with Crippen molar-refractivity contribution < 1.29 is 9.47 Å². The molecule has 2 atom stereocenters. The first-order chi connectivity index (χ1) is 8.79. The normalized spacial score (nSPS) is 21.6. The lowest BCUT2D eigenvalue weighted by atomic mass is 10.1.